The number of hydrogen-bond donors (Lipinski definition) is 1. The van der Waals surface area contributed by atoms with Crippen molar-refractivity contribution >= 4 is 0 Å². The maximum atomic E-state index is 10.7. The van der Waals surface area contributed by atoms with Gasteiger partial charge in [-0.25, -0.2) is 14.6 Å². The molecule has 1 heterocycles. The third kappa shape index (κ3) is 1.41. The molecule has 0 amide bonds. The van der Waals surface area contributed by atoms with Crippen LogP contribution in [-0.4, -0.2) is 14.8 Å². The number of nitriles is 1. The number of rotatable bonds is 1. The van der Waals surface area contributed by atoms with E-state index in [-0.39, 0.29) is 0 Å². The molecule has 0 aliphatic carbocycles. The lowest BCUT2D eigenvalue weighted by molar-refractivity contribution is 0.864. The van der Waals surface area contributed by atoms with Gasteiger partial charge in [-0.05, 0) is 24.3 Å². The summed E-state index contributed by atoms with van der Waals surface area (Å²) in [5.41, 5.74) is 0.948. The topological polar surface area (TPSA) is 74.5 Å². The lowest BCUT2D eigenvalue weighted by Gasteiger charge is -1.99. The first-order chi connectivity index (χ1) is 6.79. The zero-order chi connectivity index (χ0) is 9.97. The van der Waals surface area contributed by atoms with Crippen LogP contribution in [-0.2, 0) is 0 Å². The highest BCUT2D eigenvalue weighted by molar-refractivity contribution is 5.38. The highest BCUT2D eigenvalue weighted by atomic mass is 16.1. The quantitative estimate of drug-likeness (QED) is 0.701. The molecule has 2 rings (SSSR count). The van der Waals surface area contributed by atoms with Gasteiger partial charge in [-0.15, -0.1) is 0 Å². The zero-order valence-electron chi connectivity index (χ0n) is 7.14. The number of H-pyrrole nitrogens is 1. The molecule has 0 aliphatic heterocycles. The summed E-state index contributed by atoms with van der Waals surface area (Å²) in [6.45, 7) is 0. The largest absolute Gasteiger partial charge is 0.361 e. The normalized spacial score (nSPS) is 9.64. The first-order valence-corrected chi connectivity index (χ1v) is 3.94. The van der Waals surface area contributed by atoms with E-state index in [0.717, 1.165) is 5.69 Å². The Labute approximate surface area is 79.2 Å². The van der Waals surface area contributed by atoms with Gasteiger partial charge in [0, 0.05) is 0 Å². The van der Waals surface area contributed by atoms with Crippen LogP contribution >= 0.6 is 0 Å². The molecule has 14 heavy (non-hydrogen) atoms. The molecule has 1 N–H and O–H groups in total. The first kappa shape index (κ1) is 8.26. The number of nitrogens with zero attached hydrogens (tertiary/aromatic N) is 3. The molecule has 68 valence electrons. The molecule has 2 aromatic rings. The fraction of sp³-hybridized carbons (Fsp3) is 0. The Morgan fingerprint density at radius 2 is 2.07 bits per heavy atom. The van der Waals surface area contributed by atoms with E-state index < -0.39 is 5.69 Å². The Hall–Kier alpha value is -2.35. The van der Waals surface area contributed by atoms with Crippen LogP contribution in [0.25, 0.3) is 5.69 Å². The second-order valence-corrected chi connectivity index (χ2v) is 2.69. The summed E-state index contributed by atoms with van der Waals surface area (Å²) < 4.78 is 1.49. The van der Waals surface area contributed by atoms with Crippen LogP contribution in [0, 0.1) is 11.3 Å². The van der Waals surface area contributed by atoms with E-state index in [0.29, 0.717) is 5.56 Å². The monoisotopic (exact) mass is 186 g/mol. The second kappa shape index (κ2) is 3.18. The fourth-order valence-corrected chi connectivity index (χ4v) is 1.10. The van der Waals surface area contributed by atoms with Gasteiger partial charge in [-0.3, -0.25) is 0 Å². The van der Waals surface area contributed by atoms with Crippen molar-refractivity contribution in [2.75, 3.05) is 0 Å². The average molecular weight is 186 g/mol. The molecule has 0 radical (unpaired) electrons. The van der Waals surface area contributed by atoms with E-state index in [9.17, 15) is 4.79 Å². The van der Waals surface area contributed by atoms with E-state index in [1.807, 2.05) is 6.07 Å². The van der Waals surface area contributed by atoms with Gasteiger partial charge < -0.3 is 0 Å². The Morgan fingerprint density at radius 3 is 2.57 bits per heavy atom. The van der Waals surface area contributed by atoms with Gasteiger partial charge in [0.15, 0.2) is 0 Å². The fourth-order valence-electron chi connectivity index (χ4n) is 1.10. The number of aromatic amines is 1. The van der Waals surface area contributed by atoms with Gasteiger partial charge in [0.25, 0.3) is 0 Å². The van der Waals surface area contributed by atoms with Crippen LogP contribution in [0.3, 0.4) is 0 Å². The van der Waals surface area contributed by atoms with Gasteiger partial charge in [0.1, 0.15) is 6.33 Å². The number of benzene rings is 1. The summed E-state index contributed by atoms with van der Waals surface area (Å²) in [4.78, 5) is 14.3. The highest BCUT2D eigenvalue weighted by Crippen LogP contribution is 2.05. The molecule has 0 bridgehead atoms. The molecule has 1 aromatic carbocycles. The van der Waals surface area contributed by atoms with Crippen molar-refractivity contribution < 1.29 is 0 Å². The first-order valence-electron chi connectivity index (χ1n) is 3.94. The van der Waals surface area contributed by atoms with Crippen molar-refractivity contribution in [1.82, 2.24) is 14.8 Å². The van der Waals surface area contributed by atoms with Crippen molar-refractivity contribution in [2.45, 2.75) is 0 Å². The van der Waals surface area contributed by atoms with Gasteiger partial charge in [-0.2, -0.15) is 10.2 Å². The maximum Gasteiger partial charge on any atom is 0.361 e. The van der Waals surface area contributed by atoms with Gasteiger partial charge in [-0.1, -0.05) is 0 Å². The van der Waals surface area contributed by atoms with Crippen LogP contribution < -0.4 is 5.69 Å². The summed E-state index contributed by atoms with van der Waals surface area (Å²) in [7, 11) is 0. The second-order valence-electron chi connectivity index (χ2n) is 2.69. The van der Waals surface area contributed by atoms with Crippen LogP contribution in [0.4, 0.5) is 0 Å². The van der Waals surface area contributed by atoms with Gasteiger partial charge in [0.2, 0.25) is 0 Å². The summed E-state index contributed by atoms with van der Waals surface area (Å²) in [5.74, 6) is 0. The van der Waals surface area contributed by atoms with E-state index in [1.54, 1.807) is 24.3 Å². The summed E-state index contributed by atoms with van der Waals surface area (Å²) >= 11 is 0. The van der Waals surface area contributed by atoms with Gasteiger partial charge >= 0.3 is 5.69 Å². The SMILES string of the molecule is N#Cc1ccc(-n2cnc(=O)[nH]2)cc1. The predicted octanol–water partition coefficient (Wildman–Crippen LogP) is 0.432. The molecule has 0 fully saturated rings. The Morgan fingerprint density at radius 1 is 1.36 bits per heavy atom. The smallest absolute Gasteiger partial charge is 0.244 e. The van der Waals surface area contributed by atoms with Crippen LogP contribution in [0.1, 0.15) is 5.56 Å². The van der Waals surface area contributed by atoms with Crippen molar-refractivity contribution in [1.29, 1.82) is 5.26 Å². The van der Waals surface area contributed by atoms with Crippen molar-refractivity contribution in [3.05, 3.63) is 46.6 Å². The predicted molar refractivity (Wildman–Crippen MR) is 48.9 cm³/mol. The summed E-state index contributed by atoms with van der Waals surface area (Å²) in [5, 5.41) is 11.1. The number of hydrogen-bond acceptors (Lipinski definition) is 3. The highest BCUT2D eigenvalue weighted by Gasteiger charge is 1.97. The van der Waals surface area contributed by atoms with E-state index in [4.69, 9.17) is 5.26 Å². The maximum absolute atomic E-state index is 10.7. The Balaban J connectivity index is 2.44. The van der Waals surface area contributed by atoms with Crippen LogP contribution in [0.2, 0.25) is 0 Å². The Kier molecular flexibility index (Phi) is 1.88. The van der Waals surface area contributed by atoms with Crippen LogP contribution in [0.15, 0.2) is 35.4 Å². The molecule has 1 aromatic heterocycles. The van der Waals surface area contributed by atoms with E-state index >= 15 is 0 Å². The third-order valence-electron chi connectivity index (χ3n) is 1.78. The number of nitrogens with one attached hydrogen (secondary N) is 1. The minimum Gasteiger partial charge on any atom is -0.244 e. The Bertz CT molecular complexity index is 529. The summed E-state index contributed by atoms with van der Waals surface area (Å²) in [6, 6.07) is 8.83. The molecule has 0 saturated carbocycles. The molecular formula is C9H6N4O. The standard InChI is InChI=1S/C9H6N4O/c10-5-7-1-3-8(4-2-7)13-6-11-9(14)12-13/h1-4,6H,(H,12,14). The lowest BCUT2D eigenvalue weighted by atomic mass is 10.2. The zero-order valence-corrected chi connectivity index (χ0v) is 7.14. The molecule has 0 aliphatic rings. The number of aromatic nitrogens is 3. The van der Waals surface area contributed by atoms with Gasteiger partial charge in [0.05, 0.1) is 17.3 Å². The minimum absolute atomic E-state index is 0.394. The minimum atomic E-state index is -0.394. The third-order valence-corrected chi connectivity index (χ3v) is 1.78. The molecule has 0 unspecified atom stereocenters. The molecule has 0 spiro atoms. The average Bonchev–Trinajstić information content (AvgIpc) is 2.65. The van der Waals surface area contributed by atoms with Crippen molar-refractivity contribution in [3.8, 4) is 11.8 Å². The van der Waals surface area contributed by atoms with E-state index in [1.165, 1.54) is 11.0 Å². The molecule has 5 nitrogen and oxygen atoms in total. The molecular weight excluding hydrogens is 180 g/mol. The molecule has 0 saturated heterocycles. The van der Waals surface area contributed by atoms with E-state index in [2.05, 4.69) is 10.1 Å². The molecule has 0 atom stereocenters. The van der Waals surface area contributed by atoms with Crippen molar-refractivity contribution in [2.24, 2.45) is 0 Å². The van der Waals surface area contributed by atoms with Crippen LogP contribution in [0.5, 0.6) is 0 Å². The van der Waals surface area contributed by atoms with Crippen molar-refractivity contribution in [3.63, 3.8) is 0 Å². The summed E-state index contributed by atoms with van der Waals surface area (Å²) in [6.07, 6.45) is 1.39. The lowest BCUT2D eigenvalue weighted by Crippen LogP contribution is -2.04. The molecule has 5 heteroatoms.